The highest BCUT2D eigenvalue weighted by molar-refractivity contribution is 7.98. The number of nitriles is 1. The Hall–Kier alpha value is -2.33. The first-order chi connectivity index (χ1) is 12.6. The summed E-state index contributed by atoms with van der Waals surface area (Å²) in [5, 5.41) is 9.60. The predicted molar refractivity (Wildman–Crippen MR) is 103 cm³/mol. The van der Waals surface area contributed by atoms with Gasteiger partial charge in [0.1, 0.15) is 11.8 Å². The molecule has 0 spiro atoms. The van der Waals surface area contributed by atoms with Gasteiger partial charge in [-0.3, -0.25) is 0 Å². The smallest absolute Gasteiger partial charge is 0.220 e. The average Bonchev–Trinajstić information content (AvgIpc) is 2.69. The van der Waals surface area contributed by atoms with E-state index >= 15 is 0 Å². The van der Waals surface area contributed by atoms with Gasteiger partial charge in [0.2, 0.25) is 5.88 Å². The molecule has 2 aromatic heterocycles. The third kappa shape index (κ3) is 4.25. The van der Waals surface area contributed by atoms with Gasteiger partial charge in [-0.05, 0) is 51.0 Å². The lowest BCUT2D eigenvalue weighted by molar-refractivity contribution is 0.213. The zero-order chi connectivity index (χ0) is 18.5. The molecule has 0 aliphatic carbocycles. The highest BCUT2D eigenvalue weighted by Crippen LogP contribution is 2.25. The van der Waals surface area contributed by atoms with Crippen LogP contribution in [0.3, 0.4) is 0 Å². The van der Waals surface area contributed by atoms with E-state index in [-0.39, 0.29) is 0 Å². The monoisotopic (exact) mass is 369 g/mol. The van der Waals surface area contributed by atoms with Crippen LogP contribution >= 0.6 is 11.8 Å². The number of rotatable bonds is 5. The van der Waals surface area contributed by atoms with Crippen molar-refractivity contribution in [2.24, 2.45) is 5.92 Å². The second-order valence-corrected chi connectivity index (χ2v) is 7.25. The molecule has 0 unspecified atom stereocenters. The number of aryl methyl sites for hydroxylation is 1. The quantitative estimate of drug-likeness (QED) is 0.591. The Morgan fingerprint density at radius 1 is 1.27 bits per heavy atom. The largest absolute Gasteiger partial charge is 0.477 e. The van der Waals surface area contributed by atoms with Crippen LogP contribution in [0.25, 0.3) is 0 Å². The molecule has 0 aromatic carbocycles. The van der Waals surface area contributed by atoms with E-state index in [2.05, 4.69) is 25.9 Å². The third-order valence-corrected chi connectivity index (χ3v) is 5.35. The Labute approximate surface area is 158 Å². The summed E-state index contributed by atoms with van der Waals surface area (Å²) in [4.78, 5) is 15.4. The van der Waals surface area contributed by atoms with Crippen LogP contribution < -0.4 is 9.64 Å². The normalized spacial score (nSPS) is 14.9. The lowest BCUT2D eigenvalue weighted by atomic mass is 9.97. The van der Waals surface area contributed by atoms with E-state index in [4.69, 9.17) is 10.00 Å². The van der Waals surface area contributed by atoms with Crippen molar-refractivity contribution in [1.82, 2.24) is 15.0 Å². The molecule has 0 bridgehead atoms. The predicted octanol–water partition coefficient (Wildman–Crippen LogP) is 3.38. The van der Waals surface area contributed by atoms with Crippen molar-refractivity contribution in [2.75, 3.05) is 30.9 Å². The van der Waals surface area contributed by atoms with Crippen LogP contribution in [0.5, 0.6) is 5.88 Å². The number of nitrogens with zero attached hydrogens (tertiary/aromatic N) is 5. The fraction of sp³-hybridized carbons (Fsp3) is 0.474. The summed E-state index contributed by atoms with van der Waals surface area (Å²) in [7, 11) is 0. The molecule has 0 atom stereocenters. The van der Waals surface area contributed by atoms with Crippen molar-refractivity contribution in [3.63, 3.8) is 0 Å². The molecule has 3 rings (SSSR count). The van der Waals surface area contributed by atoms with Crippen LogP contribution in [0.15, 0.2) is 23.5 Å². The Bertz CT molecular complexity index is 795. The topological polar surface area (TPSA) is 74.9 Å². The van der Waals surface area contributed by atoms with Gasteiger partial charge in [-0.2, -0.15) is 10.2 Å². The molecule has 6 nitrogen and oxygen atoms in total. The summed E-state index contributed by atoms with van der Waals surface area (Å²) in [5.74, 6) is 1.23. The number of aromatic nitrogens is 3. The summed E-state index contributed by atoms with van der Waals surface area (Å²) in [5.41, 5.74) is 3.53. The van der Waals surface area contributed by atoms with Crippen molar-refractivity contribution >= 4 is 17.4 Å². The third-order valence-electron chi connectivity index (χ3n) is 4.80. The minimum absolute atomic E-state index is 0.456. The lowest BCUT2D eigenvalue weighted by Crippen LogP contribution is -2.35. The van der Waals surface area contributed by atoms with Gasteiger partial charge in [-0.25, -0.2) is 9.97 Å². The van der Waals surface area contributed by atoms with Crippen molar-refractivity contribution in [2.45, 2.75) is 31.8 Å². The number of pyridine rings is 1. The SMILES string of the molecule is CSc1nc(C)c(C)c(OCC2CCN(c3ccc(C#N)nc3)CC2)n1. The molecule has 1 fully saturated rings. The fourth-order valence-electron chi connectivity index (χ4n) is 3.00. The lowest BCUT2D eigenvalue weighted by Gasteiger charge is -2.33. The van der Waals surface area contributed by atoms with Gasteiger partial charge in [0.25, 0.3) is 0 Å². The Kier molecular flexibility index (Phi) is 5.94. The summed E-state index contributed by atoms with van der Waals surface area (Å²) >= 11 is 1.53. The molecule has 0 saturated carbocycles. The standard InChI is InChI=1S/C19H23N5OS/c1-13-14(2)22-19(26-3)23-18(13)25-12-15-6-8-24(9-7-15)17-5-4-16(10-20)21-11-17/h4-5,11,15H,6-9,12H2,1-3H3. The van der Waals surface area contributed by atoms with Gasteiger partial charge >= 0.3 is 0 Å². The van der Waals surface area contributed by atoms with E-state index in [1.165, 1.54) is 11.8 Å². The molecule has 2 aromatic rings. The maximum atomic E-state index is 8.85. The van der Waals surface area contributed by atoms with E-state index < -0.39 is 0 Å². The van der Waals surface area contributed by atoms with E-state index in [9.17, 15) is 0 Å². The summed E-state index contributed by atoms with van der Waals surface area (Å²) in [6.45, 7) is 6.63. The molecule has 136 valence electrons. The first-order valence-corrected chi connectivity index (χ1v) is 9.96. The van der Waals surface area contributed by atoms with Gasteiger partial charge in [-0.15, -0.1) is 0 Å². The second-order valence-electron chi connectivity index (χ2n) is 6.48. The van der Waals surface area contributed by atoms with Gasteiger partial charge in [0, 0.05) is 24.3 Å². The number of hydrogen-bond donors (Lipinski definition) is 0. The molecule has 3 heterocycles. The number of thioether (sulfide) groups is 1. The molecule has 0 N–H and O–H groups in total. The van der Waals surface area contributed by atoms with Crippen LogP contribution in [-0.2, 0) is 0 Å². The van der Waals surface area contributed by atoms with Gasteiger partial charge in [0.05, 0.1) is 18.5 Å². The first-order valence-electron chi connectivity index (χ1n) is 8.74. The molecule has 26 heavy (non-hydrogen) atoms. The van der Waals surface area contributed by atoms with Crippen LogP contribution in [0.1, 0.15) is 29.8 Å². The maximum absolute atomic E-state index is 8.85. The van der Waals surface area contributed by atoms with Crippen molar-refractivity contribution < 1.29 is 4.74 Å². The number of piperidine rings is 1. The zero-order valence-corrected chi connectivity index (χ0v) is 16.2. The van der Waals surface area contributed by atoms with Crippen LogP contribution in [0, 0.1) is 31.1 Å². The number of ether oxygens (including phenoxy) is 1. The molecule has 0 radical (unpaired) electrons. The van der Waals surface area contributed by atoms with Crippen LogP contribution in [-0.4, -0.2) is 40.9 Å². The average molecular weight is 369 g/mol. The maximum Gasteiger partial charge on any atom is 0.220 e. The molecule has 1 aliphatic heterocycles. The molecule has 0 amide bonds. The van der Waals surface area contributed by atoms with Crippen molar-refractivity contribution in [3.8, 4) is 11.9 Å². The van der Waals surface area contributed by atoms with E-state index in [1.807, 2.05) is 26.2 Å². The van der Waals surface area contributed by atoms with Gasteiger partial charge in [-0.1, -0.05) is 11.8 Å². The first kappa shape index (κ1) is 18.5. The number of hydrogen-bond acceptors (Lipinski definition) is 7. The Morgan fingerprint density at radius 2 is 2.04 bits per heavy atom. The van der Waals surface area contributed by atoms with Crippen molar-refractivity contribution in [1.29, 1.82) is 5.26 Å². The molecule has 1 aliphatic rings. The molecular formula is C19H23N5OS. The minimum atomic E-state index is 0.456. The highest BCUT2D eigenvalue weighted by atomic mass is 32.2. The Balaban J connectivity index is 1.54. The minimum Gasteiger partial charge on any atom is -0.477 e. The van der Waals surface area contributed by atoms with Gasteiger partial charge in [0.15, 0.2) is 5.16 Å². The number of anilines is 1. The van der Waals surface area contributed by atoms with E-state index in [0.717, 1.165) is 48.0 Å². The van der Waals surface area contributed by atoms with E-state index in [1.54, 1.807) is 12.3 Å². The highest BCUT2D eigenvalue weighted by Gasteiger charge is 2.21. The van der Waals surface area contributed by atoms with Gasteiger partial charge < -0.3 is 9.64 Å². The Morgan fingerprint density at radius 3 is 2.65 bits per heavy atom. The summed E-state index contributed by atoms with van der Waals surface area (Å²) in [6, 6.07) is 5.80. The van der Waals surface area contributed by atoms with Crippen LogP contribution in [0.2, 0.25) is 0 Å². The van der Waals surface area contributed by atoms with E-state index in [0.29, 0.717) is 24.1 Å². The summed E-state index contributed by atoms with van der Waals surface area (Å²) < 4.78 is 6.04. The fourth-order valence-corrected chi connectivity index (χ4v) is 3.41. The molecule has 1 saturated heterocycles. The van der Waals surface area contributed by atoms with Crippen LogP contribution in [0.4, 0.5) is 5.69 Å². The molecule has 7 heteroatoms. The molecular weight excluding hydrogens is 346 g/mol. The second kappa shape index (κ2) is 8.37. The summed E-state index contributed by atoms with van der Waals surface area (Å²) in [6.07, 6.45) is 5.89. The zero-order valence-electron chi connectivity index (χ0n) is 15.4. The van der Waals surface area contributed by atoms with Crippen molar-refractivity contribution in [3.05, 3.63) is 35.3 Å².